The fourth-order valence-electron chi connectivity index (χ4n) is 2.35. The number of fused-ring (bicyclic) bond motifs is 1. The largest absolute Gasteiger partial charge is 0.484 e. The second kappa shape index (κ2) is 6.08. The zero-order valence-electron chi connectivity index (χ0n) is 12.1. The molecular formula is C16H10ClNO4S2. The highest BCUT2D eigenvalue weighted by Crippen LogP contribution is 2.52. The van der Waals surface area contributed by atoms with E-state index < -0.39 is 5.97 Å². The van der Waals surface area contributed by atoms with Gasteiger partial charge in [0.1, 0.15) is 27.4 Å². The molecule has 0 saturated carbocycles. The van der Waals surface area contributed by atoms with Crippen molar-refractivity contribution < 1.29 is 19.4 Å². The summed E-state index contributed by atoms with van der Waals surface area (Å²) in [6.45, 7) is 0.976. The number of rotatable bonds is 3. The molecule has 0 amide bonds. The number of thiazole rings is 1. The highest BCUT2D eigenvalue weighted by atomic mass is 35.5. The Hall–Kier alpha value is -2.09. The molecule has 1 N–H and O–H groups in total. The number of carboxylic acids is 1. The van der Waals surface area contributed by atoms with Crippen molar-refractivity contribution in [3.8, 4) is 32.6 Å². The molecular weight excluding hydrogens is 370 g/mol. The lowest BCUT2D eigenvalue weighted by molar-refractivity contribution is 0.0697. The van der Waals surface area contributed by atoms with Crippen LogP contribution in [-0.4, -0.2) is 29.3 Å². The predicted molar refractivity (Wildman–Crippen MR) is 93.8 cm³/mol. The van der Waals surface area contributed by atoms with Gasteiger partial charge in [-0.05, 0) is 12.1 Å². The standard InChI is InChI=1S/C16H10ClNO4S2/c17-14-12-11(21-5-6-22-12)13(24-14)15-18-10(7-23-15)8-1-3-9(4-2-8)16(19)20/h1-4,7H,5-6H2,(H,19,20). The van der Waals surface area contributed by atoms with Gasteiger partial charge in [-0.2, -0.15) is 0 Å². The smallest absolute Gasteiger partial charge is 0.335 e. The first-order valence-corrected chi connectivity index (χ1v) is 9.08. The van der Waals surface area contributed by atoms with Crippen molar-refractivity contribution in [2.75, 3.05) is 13.2 Å². The molecule has 0 fully saturated rings. The van der Waals surface area contributed by atoms with Crippen molar-refractivity contribution in [1.29, 1.82) is 0 Å². The van der Waals surface area contributed by atoms with Crippen molar-refractivity contribution >= 4 is 40.2 Å². The summed E-state index contributed by atoms with van der Waals surface area (Å²) in [5, 5.41) is 11.7. The quantitative estimate of drug-likeness (QED) is 0.716. The summed E-state index contributed by atoms with van der Waals surface area (Å²) >= 11 is 9.09. The minimum absolute atomic E-state index is 0.249. The molecule has 0 saturated heterocycles. The molecule has 0 radical (unpaired) electrons. The van der Waals surface area contributed by atoms with E-state index in [0.717, 1.165) is 21.1 Å². The number of thiophene rings is 1. The molecule has 0 spiro atoms. The number of nitrogens with zero attached hydrogens (tertiary/aromatic N) is 1. The summed E-state index contributed by atoms with van der Waals surface area (Å²) in [5.74, 6) is 0.293. The maximum Gasteiger partial charge on any atom is 0.335 e. The molecule has 0 unspecified atom stereocenters. The van der Waals surface area contributed by atoms with Gasteiger partial charge in [0.15, 0.2) is 11.5 Å². The maximum atomic E-state index is 10.9. The van der Waals surface area contributed by atoms with Crippen molar-refractivity contribution in [3.63, 3.8) is 0 Å². The number of carboxylic acid groups (broad SMARTS) is 1. The Kier molecular flexibility index (Phi) is 3.91. The van der Waals surface area contributed by atoms with Gasteiger partial charge in [0, 0.05) is 10.9 Å². The molecule has 1 aliphatic heterocycles. The predicted octanol–water partition coefficient (Wildman–Crippen LogP) is 4.66. The summed E-state index contributed by atoms with van der Waals surface area (Å²) in [6, 6.07) is 6.63. The van der Waals surface area contributed by atoms with E-state index in [9.17, 15) is 4.79 Å². The molecule has 5 nitrogen and oxygen atoms in total. The number of halogens is 1. The zero-order chi connectivity index (χ0) is 16.7. The van der Waals surface area contributed by atoms with Gasteiger partial charge in [0.2, 0.25) is 0 Å². The van der Waals surface area contributed by atoms with E-state index in [2.05, 4.69) is 4.98 Å². The molecule has 2 aromatic heterocycles. The lowest BCUT2D eigenvalue weighted by Crippen LogP contribution is -2.14. The Morgan fingerprint density at radius 1 is 1.17 bits per heavy atom. The molecule has 0 aliphatic carbocycles. The maximum absolute atomic E-state index is 10.9. The van der Waals surface area contributed by atoms with Crippen LogP contribution >= 0.6 is 34.3 Å². The summed E-state index contributed by atoms with van der Waals surface area (Å²) in [5.41, 5.74) is 1.89. The number of hydrogen-bond donors (Lipinski definition) is 1. The highest BCUT2D eigenvalue weighted by Gasteiger charge is 2.26. The van der Waals surface area contributed by atoms with Gasteiger partial charge < -0.3 is 14.6 Å². The van der Waals surface area contributed by atoms with Crippen LogP contribution in [0.2, 0.25) is 4.34 Å². The molecule has 1 aromatic carbocycles. The molecule has 8 heteroatoms. The number of aromatic carboxylic acids is 1. The zero-order valence-corrected chi connectivity index (χ0v) is 14.5. The van der Waals surface area contributed by atoms with Gasteiger partial charge in [0.05, 0.1) is 11.3 Å². The summed E-state index contributed by atoms with van der Waals surface area (Å²) in [4.78, 5) is 16.4. The van der Waals surface area contributed by atoms with Crippen LogP contribution in [0.5, 0.6) is 11.5 Å². The number of ether oxygens (including phenoxy) is 2. The van der Waals surface area contributed by atoms with Crippen molar-refractivity contribution in [2.45, 2.75) is 0 Å². The van der Waals surface area contributed by atoms with Crippen molar-refractivity contribution in [1.82, 2.24) is 4.98 Å². The Labute approximate surface area is 150 Å². The SMILES string of the molecule is O=C(O)c1ccc(-c2csc(-c3sc(Cl)c4c3OCCO4)n2)cc1. The van der Waals surface area contributed by atoms with E-state index >= 15 is 0 Å². The van der Waals surface area contributed by atoms with Crippen molar-refractivity contribution in [2.24, 2.45) is 0 Å². The van der Waals surface area contributed by atoms with Crippen LogP contribution in [0.15, 0.2) is 29.6 Å². The van der Waals surface area contributed by atoms with Gasteiger partial charge in [-0.15, -0.1) is 22.7 Å². The second-order valence-electron chi connectivity index (χ2n) is 4.98. The van der Waals surface area contributed by atoms with Gasteiger partial charge in [0.25, 0.3) is 0 Å². The van der Waals surface area contributed by atoms with Gasteiger partial charge in [-0.1, -0.05) is 23.7 Å². The monoisotopic (exact) mass is 379 g/mol. The fraction of sp³-hybridized carbons (Fsp3) is 0.125. The first-order valence-electron chi connectivity index (χ1n) is 7.01. The summed E-state index contributed by atoms with van der Waals surface area (Å²) in [7, 11) is 0. The topological polar surface area (TPSA) is 68.7 Å². The first-order chi connectivity index (χ1) is 11.6. The van der Waals surface area contributed by atoms with E-state index in [1.54, 1.807) is 24.3 Å². The third-order valence-corrected chi connectivity index (χ3v) is 5.82. The Morgan fingerprint density at radius 3 is 2.58 bits per heavy atom. The summed E-state index contributed by atoms with van der Waals surface area (Å²) < 4.78 is 11.8. The number of carbonyl (C=O) groups is 1. The minimum Gasteiger partial charge on any atom is -0.484 e. The Bertz CT molecular complexity index is 917. The van der Waals surface area contributed by atoms with Crippen LogP contribution in [-0.2, 0) is 0 Å². The van der Waals surface area contributed by atoms with E-state index in [0.29, 0.717) is 29.0 Å². The number of benzene rings is 1. The lowest BCUT2D eigenvalue weighted by atomic mass is 10.1. The molecule has 3 heterocycles. The number of aromatic nitrogens is 1. The van der Waals surface area contributed by atoms with E-state index in [4.69, 9.17) is 26.2 Å². The molecule has 0 bridgehead atoms. The van der Waals surface area contributed by atoms with E-state index in [-0.39, 0.29) is 5.56 Å². The van der Waals surface area contributed by atoms with Crippen molar-refractivity contribution in [3.05, 3.63) is 39.5 Å². The van der Waals surface area contributed by atoms with Crippen LogP contribution in [0.3, 0.4) is 0 Å². The molecule has 0 atom stereocenters. The fourth-order valence-corrected chi connectivity index (χ4v) is 4.56. The van der Waals surface area contributed by atoms with Crippen LogP contribution in [0.25, 0.3) is 21.1 Å². The second-order valence-corrected chi connectivity index (χ2v) is 7.46. The van der Waals surface area contributed by atoms with E-state index in [1.807, 2.05) is 5.38 Å². The minimum atomic E-state index is -0.947. The highest BCUT2D eigenvalue weighted by molar-refractivity contribution is 7.24. The number of hydrogen-bond acceptors (Lipinski definition) is 6. The van der Waals surface area contributed by atoms with E-state index in [1.165, 1.54) is 22.7 Å². The lowest BCUT2D eigenvalue weighted by Gasteiger charge is -2.15. The third-order valence-electron chi connectivity index (χ3n) is 3.48. The summed E-state index contributed by atoms with van der Waals surface area (Å²) in [6.07, 6.45) is 0. The van der Waals surface area contributed by atoms with Crippen LogP contribution in [0.1, 0.15) is 10.4 Å². The average Bonchev–Trinajstić information content (AvgIpc) is 3.20. The van der Waals surface area contributed by atoms with Gasteiger partial charge in [-0.3, -0.25) is 0 Å². The molecule has 24 heavy (non-hydrogen) atoms. The molecule has 4 rings (SSSR count). The third kappa shape index (κ3) is 2.64. The Balaban J connectivity index is 1.69. The first kappa shape index (κ1) is 15.4. The molecule has 1 aliphatic rings. The molecule has 122 valence electrons. The van der Waals surface area contributed by atoms with Gasteiger partial charge >= 0.3 is 5.97 Å². The molecule has 3 aromatic rings. The Morgan fingerprint density at radius 2 is 1.88 bits per heavy atom. The van der Waals surface area contributed by atoms with Gasteiger partial charge in [-0.25, -0.2) is 9.78 Å². The van der Waals surface area contributed by atoms with Crippen LogP contribution in [0, 0.1) is 0 Å². The normalized spacial score (nSPS) is 13.0. The van der Waals surface area contributed by atoms with Crippen LogP contribution in [0.4, 0.5) is 0 Å². The average molecular weight is 380 g/mol. The van der Waals surface area contributed by atoms with Crippen LogP contribution < -0.4 is 9.47 Å².